The molecule has 0 unspecified atom stereocenters. The molecule has 0 bridgehead atoms. The molecule has 2 aliphatic rings. The molecule has 6 nitrogen and oxygen atoms in total. The summed E-state index contributed by atoms with van der Waals surface area (Å²) in [6.07, 6.45) is 2.37. The van der Waals surface area contributed by atoms with Gasteiger partial charge in [0.05, 0.1) is 6.54 Å². The van der Waals surface area contributed by atoms with Gasteiger partial charge in [0, 0.05) is 64.4 Å². The average molecular weight is 429 g/mol. The van der Waals surface area contributed by atoms with E-state index in [-0.39, 0.29) is 0 Å². The smallest absolute Gasteiger partial charge is 0.191 e. The number of aliphatic imine (C=N–C) groups is 1. The summed E-state index contributed by atoms with van der Waals surface area (Å²) in [5, 5.41) is 7.08. The van der Waals surface area contributed by atoms with E-state index in [1.165, 1.54) is 69.8 Å². The molecule has 0 aromatic heterocycles. The molecule has 0 spiro atoms. The normalized spacial score (nSPS) is 20.4. The minimum absolute atomic E-state index is 0.517. The first kappa shape index (κ1) is 24.0. The van der Waals surface area contributed by atoms with Crippen LogP contribution in [-0.4, -0.2) is 85.1 Å². The molecule has 2 heterocycles. The van der Waals surface area contributed by atoms with Crippen molar-refractivity contribution in [2.24, 2.45) is 4.99 Å². The Morgan fingerprint density at radius 1 is 0.935 bits per heavy atom. The van der Waals surface area contributed by atoms with E-state index in [4.69, 9.17) is 4.99 Å². The summed E-state index contributed by atoms with van der Waals surface area (Å²) in [7, 11) is 0. The minimum Gasteiger partial charge on any atom is -0.357 e. The lowest BCUT2D eigenvalue weighted by molar-refractivity contribution is 0.132. The number of nitrogens with zero attached hydrogens (tertiary/aromatic N) is 4. The van der Waals surface area contributed by atoms with E-state index < -0.39 is 0 Å². The number of piperazine rings is 1. The first-order valence-electron chi connectivity index (χ1n) is 12.4. The van der Waals surface area contributed by atoms with Crippen molar-refractivity contribution in [3.63, 3.8) is 0 Å². The van der Waals surface area contributed by atoms with Crippen LogP contribution in [0, 0.1) is 0 Å². The van der Waals surface area contributed by atoms with Gasteiger partial charge >= 0.3 is 0 Å². The van der Waals surface area contributed by atoms with Crippen LogP contribution >= 0.6 is 0 Å². The van der Waals surface area contributed by atoms with E-state index in [9.17, 15) is 0 Å². The average Bonchev–Trinajstić information content (AvgIpc) is 2.79. The molecule has 2 N–H and O–H groups in total. The minimum atomic E-state index is 0.517. The summed E-state index contributed by atoms with van der Waals surface area (Å²) in [6.45, 7) is 19.9. The van der Waals surface area contributed by atoms with Crippen molar-refractivity contribution in [2.75, 3.05) is 52.4 Å². The fraction of sp³-hybridized carbons (Fsp3) is 0.720. The summed E-state index contributed by atoms with van der Waals surface area (Å²) in [5.41, 5.74) is 2.67. The molecular weight excluding hydrogens is 384 g/mol. The van der Waals surface area contributed by atoms with E-state index in [1.807, 2.05) is 0 Å². The van der Waals surface area contributed by atoms with Gasteiger partial charge in [-0.3, -0.25) is 4.90 Å². The van der Waals surface area contributed by atoms with Crippen LogP contribution in [0.3, 0.4) is 0 Å². The Morgan fingerprint density at radius 2 is 1.55 bits per heavy atom. The Balaban J connectivity index is 1.47. The van der Waals surface area contributed by atoms with Gasteiger partial charge in [0.2, 0.25) is 0 Å². The third-order valence-corrected chi connectivity index (χ3v) is 6.71. The zero-order valence-electron chi connectivity index (χ0n) is 20.2. The van der Waals surface area contributed by atoms with Gasteiger partial charge < -0.3 is 20.4 Å². The predicted octanol–water partition coefficient (Wildman–Crippen LogP) is 2.75. The Kier molecular flexibility index (Phi) is 9.62. The molecule has 0 atom stereocenters. The molecule has 0 saturated carbocycles. The van der Waals surface area contributed by atoms with Crippen LogP contribution in [-0.2, 0) is 13.1 Å². The van der Waals surface area contributed by atoms with Gasteiger partial charge in [0.25, 0.3) is 0 Å². The third-order valence-electron chi connectivity index (χ3n) is 6.71. The molecule has 31 heavy (non-hydrogen) atoms. The van der Waals surface area contributed by atoms with Crippen LogP contribution in [0.2, 0.25) is 0 Å². The van der Waals surface area contributed by atoms with Crippen LogP contribution in [0.25, 0.3) is 0 Å². The highest BCUT2D eigenvalue weighted by Crippen LogP contribution is 2.13. The summed E-state index contributed by atoms with van der Waals surface area (Å²) in [4.78, 5) is 12.5. The maximum Gasteiger partial charge on any atom is 0.191 e. The van der Waals surface area contributed by atoms with E-state index in [0.29, 0.717) is 12.1 Å². The molecule has 2 fully saturated rings. The number of piperidine rings is 1. The van der Waals surface area contributed by atoms with Gasteiger partial charge in [0.15, 0.2) is 5.96 Å². The van der Waals surface area contributed by atoms with Crippen molar-refractivity contribution in [3.05, 3.63) is 35.4 Å². The summed E-state index contributed by atoms with van der Waals surface area (Å²) >= 11 is 0. The second kappa shape index (κ2) is 12.4. The highest BCUT2D eigenvalue weighted by Gasteiger charge is 2.21. The van der Waals surface area contributed by atoms with Crippen molar-refractivity contribution in [2.45, 2.75) is 65.7 Å². The second-order valence-corrected chi connectivity index (χ2v) is 9.27. The molecule has 1 aromatic carbocycles. The van der Waals surface area contributed by atoms with Crippen molar-refractivity contribution < 1.29 is 0 Å². The van der Waals surface area contributed by atoms with Crippen molar-refractivity contribution >= 4 is 5.96 Å². The number of likely N-dealkylation sites (tertiary alicyclic amines) is 1. The maximum atomic E-state index is 4.86. The van der Waals surface area contributed by atoms with Crippen LogP contribution in [0.1, 0.15) is 51.7 Å². The number of hydrogen-bond donors (Lipinski definition) is 2. The van der Waals surface area contributed by atoms with Crippen LogP contribution in [0.4, 0.5) is 0 Å². The first-order chi connectivity index (χ1) is 15.1. The molecule has 0 amide bonds. The Labute approximate surface area is 190 Å². The number of guanidine groups is 1. The molecule has 174 valence electrons. The molecule has 2 aliphatic heterocycles. The van der Waals surface area contributed by atoms with E-state index in [0.717, 1.165) is 25.6 Å². The van der Waals surface area contributed by atoms with Crippen molar-refractivity contribution in [1.82, 2.24) is 25.3 Å². The number of nitrogens with one attached hydrogen (secondary N) is 2. The zero-order valence-corrected chi connectivity index (χ0v) is 20.2. The number of benzene rings is 1. The van der Waals surface area contributed by atoms with Crippen LogP contribution < -0.4 is 10.6 Å². The Bertz CT molecular complexity index is 655. The maximum absolute atomic E-state index is 4.86. The van der Waals surface area contributed by atoms with E-state index >= 15 is 0 Å². The topological polar surface area (TPSA) is 46.1 Å². The SMILES string of the molecule is CCNC(=NCc1ccc(CN2CCN(CC)CC2)cc1)NC1CCN(C(C)C)CC1. The van der Waals surface area contributed by atoms with Crippen LogP contribution in [0.5, 0.6) is 0 Å². The van der Waals surface area contributed by atoms with Crippen molar-refractivity contribution in [1.29, 1.82) is 0 Å². The summed E-state index contributed by atoms with van der Waals surface area (Å²) in [6, 6.07) is 10.2. The summed E-state index contributed by atoms with van der Waals surface area (Å²) < 4.78 is 0. The van der Waals surface area contributed by atoms with Gasteiger partial charge in [0.1, 0.15) is 0 Å². The van der Waals surface area contributed by atoms with E-state index in [2.05, 4.69) is 77.3 Å². The highest BCUT2D eigenvalue weighted by atomic mass is 15.3. The second-order valence-electron chi connectivity index (χ2n) is 9.27. The van der Waals surface area contributed by atoms with Gasteiger partial charge in [-0.1, -0.05) is 31.2 Å². The lowest BCUT2D eigenvalue weighted by Crippen LogP contribution is -2.49. The van der Waals surface area contributed by atoms with Crippen LogP contribution in [0.15, 0.2) is 29.3 Å². The largest absolute Gasteiger partial charge is 0.357 e. The monoisotopic (exact) mass is 428 g/mol. The molecular formula is C25H44N6. The lowest BCUT2D eigenvalue weighted by Gasteiger charge is -2.35. The lowest BCUT2D eigenvalue weighted by atomic mass is 10.0. The molecule has 2 saturated heterocycles. The van der Waals surface area contributed by atoms with Gasteiger partial charge in [-0.2, -0.15) is 0 Å². The predicted molar refractivity (Wildman–Crippen MR) is 132 cm³/mol. The van der Waals surface area contributed by atoms with Crippen molar-refractivity contribution in [3.8, 4) is 0 Å². The molecule has 3 rings (SSSR count). The fourth-order valence-corrected chi connectivity index (χ4v) is 4.52. The molecule has 0 aliphatic carbocycles. The quantitative estimate of drug-likeness (QED) is 0.492. The number of likely N-dealkylation sites (N-methyl/N-ethyl adjacent to an activating group) is 1. The first-order valence-corrected chi connectivity index (χ1v) is 12.4. The van der Waals surface area contributed by atoms with Gasteiger partial charge in [-0.05, 0) is 51.3 Å². The number of rotatable bonds is 8. The fourth-order valence-electron chi connectivity index (χ4n) is 4.52. The number of hydrogen-bond acceptors (Lipinski definition) is 4. The highest BCUT2D eigenvalue weighted by molar-refractivity contribution is 5.80. The third kappa shape index (κ3) is 7.78. The van der Waals surface area contributed by atoms with E-state index in [1.54, 1.807) is 0 Å². The Hall–Kier alpha value is -1.63. The molecule has 1 aromatic rings. The van der Waals surface area contributed by atoms with Gasteiger partial charge in [-0.25, -0.2) is 4.99 Å². The molecule has 0 radical (unpaired) electrons. The zero-order chi connectivity index (χ0) is 22.1. The standard InChI is InChI=1S/C25H44N6/c1-5-26-25(28-24-11-13-31(14-12-24)21(3)4)27-19-22-7-9-23(10-8-22)20-30-17-15-29(6-2)16-18-30/h7-10,21,24H,5-6,11-20H2,1-4H3,(H2,26,27,28). The molecule has 6 heteroatoms. The van der Waals surface area contributed by atoms with Gasteiger partial charge in [-0.15, -0.1) is 0 Å². The summed E-state index contributed by atoms with van der Waals surface area (Å²) in [5.74, 6) is 0.948. The Morgan fingerprint density at radius 3 is 2.13 bits per heavy atom.